The molecule has 0 spiro atoms. The highest BCUT2D eigenvalue weighted by Crippen LogP contribution is 2.27. The van der Waals surface area contributed by atoms with Crippen LogP contribution in [0.4, 0.5) is 5.82 Å². The van der Waals surface area contributed by atoms with E-state index in [-0.39, 0.29) is 12.1 Å². The number of carbonyl (C=O) groups is 1. The van der Waals surface area contributed by atoms with E-state index in [1.807, 2.05) is 30.5 Å². The molecule has 0 amide bonds. The summed E-state index contributed by atoms with van der Waals surface area (Å²) in [6.45, 7) is 5.14. The molecule has 2 aliphatic heterocycles. The van der Waals surface area contributed by atoms with Crippen LogP contribution in [-0.2, 0) is 20.7 Å². The lowest BCUT2D eigenvalue weighted by atomic mass is 9.96. The zero-order valence-electron chi connectivity index (χ0n) is 18.0. The van der Waals surface area contributed by atoms with Crippen molar-refractivity contribution in [3.05, 3.63) is 59.2 Å². The number of ether oxygens (including phenoxy) is 2. The summed E-state index contributed by atoms with van der Waals surface area (Å²) in [5.74, 6) is 0.787. The van der Waals surface area contributed by atoms with Crippen LogP contribution in [0, 0.1) is 0 Å². The molecule has 4 rings (SSSR count). The van der Waals surface area contributed by atoms with Gasteiger partial charge in [-0.1, -0.05) is 29.8 Å². The number of esters is 1. The number of rotatable bonds is 6. The van der Waals surface area contributed by atoms with Crippen LogP contribution in [0.5, 0.6) is 0 Å². The van der Waals surface area contributed by atoms with Crippen LogP contribution >= 0.6 is 11.6 Å². The molecule has 2 atom stereocenters. The number of benzene rings is 1. The second kappa shape index (κ2) is 10.4. The van der Waals surface area contributed by atoms with E-state index in [0.717, 1.165) is 49.7 Å². The fourth-order valence-corrected chi connectivity index (χ4v) is 4.70. The number of carbonyl (C=O) groups excluding carboxylic acids is 1. The number of piperidine rings is 1. The normalized spacial score (nSPS) is 23.0. The van der Waals surface area contributed by atoms with Crippen molar-refractivity contribution >= 4 is 23.4 Å². The number of pyridine rings is 1. The largest absolute Gasteiger partial charge is 0.463 e. The van der Waals surface area contributed by atoms with Gasteiger partial charge in [0, 0.05) is 49.9 Å². The van der Waals surface area contributed by atoms with Crippen LogP contribution in [0.25, 0.3) is 0 Å². The fourth-order valence-electron chi connectivity index (χ4n) is 4.57. The number of aromatic nitrogens is 1. The first-order valence-corrected chi connectivity index (χ1v) is 11.4. The highest BCUT2D eigenvalue weighted by Gasteiger charge is 2.36. The molecule has 2 fully saturated rings. The lowest BCUT2D eigenvalue weighted by Gasteiger charge is -2.46. The van der Waals surface area contributed by atoms with Crippen molar-refractivity contribution in [1.29, 1.82) is 0 Å². The number of anilines is 1. The lowest BCUT2D eigenvalue weighted by Crippen LogP contribution is -2.58. The highest BCUT2D eigenvalue weighted by atomic mass is 35.5. The Morgan fingerprint density at radius 1 is 1.19 bits per heavy atom. The van der Waals surface area contributed by atoms with Crippen LogP contribution in [0.3, 0.4) is 0 Å². The molecule has 2 aliphatic rings. The molecule has 0 saturated carbocycles. The van der Waals surface area contributed by atoms with Gasteiger partial charge in [0.1, 0.15) is 18.5 Å². The summed E-state index contributed by atoms with van der Waals surface area (Å²) in [4.78, 5) is 20.7. The van der Waals surface area contributed by atoms with E-state index in [0.29, 0.717) is 25.3 Å². The van der Waals surface area contributed by atoms with Gasteiger partial charge in [-0.05, 0) is 49.1 Å². The predicted octanol–water partition coefficient (Wildman–Crippen LogP) is 3.58. The summed E-state index contributed by atoms with van der Waals surface area (Å²) in [5.41, 5.74) is 1.26. The Kier molecular flexibility index (Phi) is 7.43. The van der Waals surface area contributed by atoms with Gasteiger partial charge in [0.05, 0.1) is 6.61 Å². The molecular formula is C24H30ClN3O3. The van der Waals surface area contributed by atoms with Gasteiger partial charge in [-0.15, -0.1) is 0 Å². The Bertz CT molecular complexity index is 841. The third-order valence-corrected chi connectivity index (χ3v) is 6.42. The van der Waals surface area contributed by atoms with Crippen LogP contribution in [-0.4, -0.2) is 66.9 Å². The molecule has 7 heteroatoms. The topological polar surface area (TPSA) is 54.9 Å². The summed E-state index contributed by atoms with van der Waals surface area (Å²) in [5, 5.41) is 0.754. The molecule has 0 radical (unpaired) electrons. The van der Waals surface area contributed by atoms with Crippen molar-refractivity contribution < 1.29 is 14.3 Å². The second-order valence-electron chi connectivity index (χ2n) is 8.35. The van der Waals surface area contributed by atoms with E-state index in [9.17, 15) is 4.79 Å². The molecular weight excluding hydrogens is 414 g/mol. The zero-order valence-corrected chi connectivity index (χ0v) is 18.7. The minimum Gasteiger partial charge on any atom is -0.463 e. The van der Waals surface area contributed by atoms with Gasteiger partial charge < -0.3 is 14.4 Å². The number of halogens is 1. The van der Waals surface area contributed by atoms with Gasteiger partial charge in [0.2, 0.25) is 0 Å². The Morgan fingerprint density at radius 3 is 2.65 bits per heavy atom. The van der Waals surface area contributed by atoms with Crippen molar-refractivity contribution in [2.24, 2.45) is 0 Å². The molecule has 3 heterocycles. The van der Waals surface area contributed by atoms with E-state index in [1.165, 1.54) is 12.5 Å². The summed E-state index contributed by atoms with van der Waals surface area (Å²) >= 11 is 6.06. The maximum Gasteiger partial charge on any atom is 0.302 e. The number of hydrogen-bond acceptors (Lipinski definition) is 6. The molecule has 0 bridgehead atoms. The number of morpholine rings is 1. The summed E-state index contributed by atoms with van der Waals surface area (Å²) in [6, 6.07) is 14.9. The highest BCUT2D eigenvalue weighted by molar-refractivity contribution is 6.30. The van der Waals surface area contributed by atoms with Crippen LogP contribution < -0.4 is 4.90 Å². The maximum atomic E-state index is 11.3. The minimum absolute atomic E-state index is 0.0841. The Morgan fingerprint density at radius 2 is 1.97 bits per heavy atom. The van der Waals surface area contributed by atoms with Crippen LogP contribution in [0.15, 0.2) is 48.7 Å². The third-order valence-electron chi connectivity index (χ3n) is 6.17. The van der Waals surface area contributed by atoms with Crippen molar-refractivity contribution in [2.45, 2.75) is 44.4 Å². The maximum absolute atomic E-state index is 11.3. The average molecular weight is 444 g/mol. The van der Waals surface area contributed by atoms with Crippen molar-refractivity contribution in [1.82, 2.24) is 9.88 Å². The van der Waals surface area contributed by atoms with Crippen molar-refractivity contribution in [3.63, 3.8) is 0 Å². The van der Waals surface area contributed by atoms with Crippen molar-refractivity contribution in [3.8, 4) is 0 Å². The fraction of sp³-hybridized carbons (Fsp3) is 0.500. The van der Waals surface area contributed by atoms with Gasteiger partial charge in [0.15, 0.2) is 0 Å². The smallest absolute Gasteiger partial charge is 0.302 e. The van der Waals surface area contributed by atoms with Gasteiger partial charge in [-0.2, -0.15) is 0 Å². The molecule has 1 aromatic carbocycles. The summed E-state index contributed by atoms with van der Waals surface area (Å²) in [7, 11) is 0. The zero-order chi connectivity index (χ0) is 21.6. The Labute approximate surface area is 189 Å². The monoisotopic (exact) mass is 443 g/mol. The molecule has 0 aliphatic carbocycles. The standard InChI is InChI=1S/C24H30ClN3O3/c1-18(29)30-17-23-15-28(22(16-31-23)14-19-5-7-20(25)8-6-19)21-9-12-27(13-10-21)24-4-2-3-11-26-24/h2-8,11,21-23H,9-10,12-17H2,1H3/t22?,23-/m1/s1. The van der Waals surface area contributed by atoms with E-state index in [2.05, 4.69) is 33.0 Å². The SMILES string of the molecule is CC(=O)OC[C@H]1CN(C2CCN(c3ccccn3)CC2)C(Cc2ccc(Cl)cc2)CO1. The quantitative estimate of drug-likeness (QED) is 0.636. The third kappa shape index (κ3) is 5.97. The predicted molar refractivity (Wildman–Crippen MR) is 121 cm³/mol. The molecule has 2 aromatic rings. The average Bonchev–Trinajstić information content (AvgIpc) is 2.80. The van der Waals surface area contributed by atoms with Gasteiger partial charge >= 0.3 is 5.97 Å². The minimum atomic E-state index is -0.262. The number of nitrogens with zero attached hydrogens (tertiary/aromatic N) is 3. The van der Waals surface area contributed by atoms with Crippen LogP contribution in [0.1, 0.15) is 25.3 Å². The van der Waals surface area contributed by atoms with E-state index in [4.69, 9.17) is 21.1 Å². The Balaban J connectivity index is 1.42. The van der Waals surface area contributed by atoms with E-state index < -0.39 is 0 Å². The molecule has 1 unspecified atom stereocenters. The first-order chi connectivity index (χ1) is 15.1. The molecule has 2 saturated heterocycles. The van der Waals surface area contributed by atoms with Crippen LogP contribution in [0.2, 0.25) is 5.02 Å². The molecule has 166 valence electrons. The Hall–Kier alpha value is -2.15. The molecule has 0 N–H and O–H groups in total. The number of hydrogen-bond donors (Lipinski definition) is 0. The lowest BCUT2D eigenvalue weighted by molar-refractivity contribution is -0.151. The summed E-state index contributed by atoms with van der Waals surface area (Å²) < 4.78 is 11.3. The molecule has 31 heavy (non-hydrogen) atoms. The van der Waals surface area contributed by atoms with Gasteiger partial charge in [-0.25, -0.2) is 4.98 Å². The first kappa shape index (κ1) is 22.1. The van der Waals surface area contributed by atoms with E-state index in [1.54, 1.807) is 0 Å². The molecule has 6 nitrogen and oxygen atoms in total. The molecule has 1 aromatic heterocycles. The van der Waals surface area contributed by atoms with Crippen molar-refractivity contribution in [2.75, 3.05) is 37.7 Å². The second-order valence-corrected chi connectivity index (χ2v) is 8.78. The van der Waals surface area contributed by atoms with Gasteiger partial charge in [-0.3, -0.25) is 9.69 Å². The summed E-state index contributed by atoms with van der Waals surface area (Å²) in [6.07, 6.45) is 4.84. The van der Waals surface area contributed by atoms with Gasteiger partial charge in [0.25, 0.3) is 0 Å². The van der Waals surface area contributed by atoms with E-state index >= 15 is 0 Å². The first-order valence-electron chi connectivity index (χ1n) is 11.0.